The van der Waals surface area contributed by atoms with Crippen LogP contribution in [0.4, 0.5) is 0 Å². The van der Waals surface area contributed by atoms with Gasteiger partial charge < -0.3 is 11.1 Å². The molecular weight excluding hydrogens is 226 g/mol. The quantitative estimate of drug-likeness (QED) is 0.802. The minimum absolute atomic E-state index is 0.0649. The van der Waals surface area contributed by atoms with Crippen LogP contribution >= 0.6 is 0 Å². The molecular formula is C14H23N3O. The molecule has 1 atom stereocenters. The summed E-state index contributed by atoms with van der Waals surface area (Å²) in [4.78, 5) is 15.7. The zero-order valence-electron chi connectivity index (χ0n) is 11.4. The number of nitrogens with one attached hydrogen (secondary N) is 1. The van der Waals surface area contributed by atoms with Crippen LogP contribution in [0, 0.1) is 5.92 Å². The van der Waals surface area contributed by atoms with Crippen LogP contribution in [0.1, 0.15) is 32.8 Å². The van der Waals surface area contributed by atoms with Crippen molar-refractivity contribution in [2.45, 2.75) is 32.6 Å². The van der Waals surface area contributed by atoms with Gasteiger partial charge in [0, 0.05) is 30.8 Å². The molecule has 100 valence electrons. The van der Waals surface area contributed by atoms with E-state index in [2.05, 4.69) is 24.1 Å². The Labute approximate surface area is 109 Å². The lowest BCUT2D eigenvalue weighted by Gasteiger charge is -2.25. The number of nitrogens with zero attached hydrogens (tertiary/aromatic N) is 1. The molecule has 1 aromatic rings. The molecule has 0 saturated carbocycles. The van der Waals surface area contributed by atoms with Crippen molar-refractivity contribution in [3.63, 3.8) is 0 Å². The number of hydrogen-bond donors (Lipinski definition) is 2. The monoisotopic (exact) mass is 249 g/mol. The average molecular weight is 249 g/mol. The molecule has 1 heterocycles. The van der Waals surface area contributed by atoms with E-state index in [1.165, 1.54) is 5.56 Å². The van der Waals surface area contributed by atoms with Crippen LogP contribution in [0.3, 0.4) is 0 Å². The van der Waals surface area contributed by atoms with Crippen molar-refractivity contribution < 1.29 is 4.79 Å². The summed E-state index contributed by atoms with van der Waals surface area (Å²) in [6.45, 7) is 7.35. The first kappa shape index (κ1) is 14.6. The van der Waals surface area contributed by atoms with Crippen LogP contribution in [-0.4, -0.2) is 24.0 Å². The first-order valence-electron chi connectivity index (χ1n) is 6.33. The van der Waals surface area contributed by atoms with Crippen molar-refractivity contribution in [3.05, 3.63) is 30.1 Å². The summed E-state index contributed by atoms with van der Waals surface area (Å²) in [7, 11) is 0. The van der Waals surface area contributed by atoms with E-state index in [0.29, 0.717) is 19.5 Å². The number of rotatable bonds is 6. The van der Waals surface area contributed by atoms with E-state index in [-0.39, 0.29) is 17.2 Å². The normalized spacial score (nSPS) is 13.1. The largest absolute Gasteiger partial charge is 0.355 e. The Hall–Kier alpha value is -1.42. The minimum atomic E-state index is -0.0927. The number of amides is 1. The van der Waals surface area contributed by atoms with E-state index in [9.17, 15) is 4.79 Å². The van der Waals surface area contributed by atoms with Gasteiger partial charge in [-0.1, -0.05) is 20.8 Å². The van der Waals surface area contributed by atoms with Crippen molar-refractivity contribution in [2.75, 3.05) is 13.1 Å². The fourth-order valence-electron chi connectivity index (χ4n) is 1.70. The van der Waals surface area contributed by atoms with Gasteiger partial charge in [-0.15, -0.1) is 0 Å². The highest BCUT2D eigenvalue weighted by atomic mass is 16.1. The fourth-order valence-corrected chi connectivity index (χ4v) is 1.70. The van der Waals surface area contributed by atoms with Crippen molar-refractivity contribution >= 4 is 5.91 Å². The second-order valence-electron chi connectivity index (χ2n) is 5.44. The van der Waals surface area contributed by atoms with Gasteiger partial charge in [-0.25, -0.2) is 0 Å². The topological polar surface area (TPSA) is 68.0 Å². The van der Waals surface area contributed by atoms with Gasteiger partial charge in [-0.2, -0.15) is 0 Å². The van der Waals surface area contributed by atoms with Gasteiger partial charge in [-0.05, 0) is 30.2 Å². The van der Waals surface area contributed by atoms with E-state index in [1.807, 2.05) is 19.1 Å². The van der Waals surface area contributed by atoms with Crippen LogP contribution in [-0.2, 0) is 10.2 Å². The van der Waals surface area contributed by atoms with Gasteiger partial charge in [0.2, 0.25) is 5.91 Å². The summed E-state index contributed by atoms with van der Waals surface area (Å²) in [5.74, 6) is 0.295. The van der Waals surface area contributed by atoms with E-state index >= 15 is 0 Å². The third kappa shape index (κ3) is 4.45. The molecule has 1 aromatic heterocycles. The van der Waals surface area contributed by atoms with Crippen LogP contribution < -0.4 is 11.1 Å². The second kappa shape index (κ2) is 6.50. The summed E-state index contributed by atoms with van der Waals surface area (Å²) in [6, 6.07) is 3.96. The molecule has 0 aromatic carbocycles. The van der Waals surface area contributed by atoms with Crippen molar-refractivity contribution in [3.8, 4) is 0 Å². The van der Waals surface area contributed by atoms with Gasteiger partial charge in [0.15, 0.2) is 0 Å². The number of pyridine rings is 1. The van der Waals surface area contributed by atoms with Crippen LogP contribution in [0.25, 0.3) is 0 Å². The molecule has 0 aliphatic heterocycles. The summed E-state index contributed by atoms with van der Waals surface area (Å²) < 4.78 is 0. The second-order valence-corrected chi connectivity index (χ2v) is 5.44. The van der Waals surface area contributed by atoms with Crippen molar-refractivity contribution in [2.24, 2.45) is 11.7 Å². The SMILES string of the molecule is CC(CN)CC(=O)NCC(C)(C)c1ccncc1. The number of nitrogens with two attached hydrogens (primary N) is 1. The van der Waals surface area contributed by atoms with Gasteiger partial charge >= 0.3 is 0 Å². The van der Waals surface area contributed by atoms with Crippen LogP contribution in [0.15, 0.2) is 24.5 Å². The Morgan fingerprint density at radius 2 is 2.06 bits per heavy atom. The first-order chi connectivity index (χ1) is 8.45. The van der Waals surface area contributed by atoms with Crippen LogP contribution in [0.5, 0.6) is 0 Å². The molecule has 0 bridgehead atoms. The van der Waals surface area contributed by atoms with E-state index < -0.39 is 0 Å². The lowest BCUT2D eigenvalue weighted by Crippen LogP contribution is -2.37. The Kier molecular flexibility index (Phi) is 5.28. The fraction of sp³-hybridized carbons (Fsp3) is 0.571. The molecule has 4 heteroatoms. The molecule has 3 N–H and O–H groups in total. The smallest absolute Gasteiger partial charge is 0.220 e. The summed E-state index contributed by atoms with van der Waals surface area (Å²) >= 11 is 0. The predicted molar refractivity (Wildman–Crippen MR) is 73.1 cm³/mol. The lowest BCUT2D eigenvalue weighted by atomic mass is 9.85. The summed E-state index contributed by atoms with van der Waals surface area (Å²) in [6.07, 6.45) is 4.04. The third-order valence-corrected chi connectivity index (χ3v) is 3.13. The highest BCUT2D eigenvalue weighted by molar-refractivity contribution is 5.76. The maximum Gasteiger partial charge on any atom is 0.220 e. The Morgan fingerprint density at radius 1 is 1.44 bits per heavy atom. The molecule has 0 aliphatic carbocycles. The molecule has 18 heavy (non-hydrogen) atoms. The molecule has 1 unspecified atom stereocenters. The number of carbonyl (C=O) groups excluding carboxylic acids is 1. The molecule has 4 nitrogen and oxygen atoms in total. The van der Waals surface area contributed by atoms with Gasteiger partial charge in [0.25, 0.3) is 0 Å². The van der Waals surface area contributed by atoms with Crippen molar-refractivity contribution in [1.82, 2.24) is 10.3 Å². The minimum Gasteiger partial charge on any atom is -0.355 e. The number of aromatic nitrogens is 1. The predicted octanol–water partition coefficient (Wildman–Crippen LogP) is 1.46. The molecule has 1 amide bonds. The van der Waals surface area contributed by atoms with E-state index in [1.54, 1.807) is 12.4 Å². The molecule has 1 rings (SSSR count). The zero-order valence-corrected chi connectivity index (χ0v) is 11.4. The lowest BCUT2D eigenvalue weighted by molar-refractivity contribution is -0.122. The maximum atomic E-state index is 11.7. The Balaban J connectivity index is 2.50. The van der Waals surface area contributed by atoms with Gasteiger partial charge in [-0.3, -0.25) is 9.78 Å². The standard InChI is InChI=1S/C14H23N3O/c1-11(9-15)8-13(18)17-10-14(2,3)12-4-6-16-7-5-12/h4-7,11H,8-10,15H2,1-3H3,(H,17,18). The van der Waals surface area contributed by atoms with Crippen molar-refractivity contribution in [1.29, 1.82) is 0 Å². The first-order valence-corrected chi connectivity index (χ1v) is 6.33. The Bertz CT molecular complexity index is 376. The van der Waals surface area contributed by atoms with Gasteiger partial charge in [0.1, 0.15) is 0 Å². The summed E-state index contributed by atoms with van der Waals surface area (Å²) in [5, 5.41) is 2.97. The van der Waals surface area contributed by atoms with E-state index in [0.717, 1.165) is 0 Å². The molecule has 0 saturated heterocycles. The molecule has 0 spiro atoms. The Morgan fingerprint density at radius 3 is 2.61 bits per heavy atom. The maximum absolute atomic E-state index is 11.7. The average Bonchev–Trinajstić information content (AvgIpc) is 2.37. The van der Waals surface area contributed by atoms with Gasteiger partial charge in [0.05, 0.1) is 0 Å². The summed E-state index contributed by atoms with van der Waals surface area (Å²) in [5.41, 5.74) is 6.58. The number of carbonyl (C=O) groups is 1. The van der Waals surface area contributed by atoms with E-state index in [4.69, 9.17) is 5.73 Å². The molecule has 0 radical (unpaired) electrons. The zero-order chi connectivity index (χ0) is 13.6. The highest BCUT2D eigenvalue weighted by Gasteiger charge is 2.21. The third-order valence-electron chi connectivity index (χ3n) is 3.13. The molecule has 0 aliphatic rings. The molecule has 0 fully saturated rings. The highest BCUT2D eigenvalue weighted by Crippen LogP contribution is 2.21. The number of hydrogen-bond acceptors (Lipinski definition) is 3. The van der Waals surface area contributed by atoms with Crippen LogP contribution in [0.2, 0.25) is 0 Å².